The number of unbranched alkanes of at least 4 members (excludes halogenated alkanes) is 1. The number of amides is 15. The number of nitrogens with two attached hydrogens (primary N) is 1. The second kappa shape index (κ2) is 48.8. The number of aromatic hydroxyl groups is 2. The predicted molar refractivity (Wildman–Crippen MR) is 491 cm³/mol. The highest BCUT2D eigenvalue weighted by Crippen LogP contribution is 2.28. The van der Waals surface area contributed by atoms with Gasteiger partial charge in [0.15, 0.2) is 0 Å². The van der Waals surface area contributed by atoms with Gasteiger partial charge in [0, 0.05) is 95.6 Å². The summed E-state index contributed by atoms with van der Waals surface area (Å²) in [6, 6.07) is 25.8. The molecule has 3 aliphatic heterocycles. The quantitative estimate of drug-likeness (QED) is 0.0410. The van der Waals surface area contributed by atoms with Crippen molar-refractivity contribution in [1.29, 1.82) is 0 Å². The standard InChI is InChI=1S/C96H120N16O19S/c1-8-9-32-79-96(130)112-44-23-34-78(112)90(124)106-75(54-131-57-113)88(122)100-59(4)92(126)109(6)80(49-61-26-15-11-16-27-61)91(125)105-74(48-64-37-41-67(115)42-38-64)94(128)111-43-22-21-33-77(111)89(123)104-72(51-65-52-98-69-31-20-19-30-68(65)69)87(121)103-71(46-63-35-39-66(114)40-36-63)86(120)102-70(45-58(2)3)85(119)107-76(84(118)99-53-82(97)116)55-132-56-83(117)101-73(47-60-24-13-10-14-25-60)93(127)110(7)81(95(129)108(79)5)50-62-28-17-12-18-29-62/h10-20,24-31,35-42,52,57-59,70-81,98,114-115H,8-9,21-23,32-34,43-51,53-56H2,1-7H3,(H2,97,116)(H,99,118)(H,100,122)(H,101,117)(H,102,120)(H,103,121)(H,104,123)(H,105,125)(H,106,124)(H,107,119)/t59-,70-,71-,72-,73-,74-,75-,76-,77+,78+,79-,80-,81-/m0/s1. The zero-order chi connectivity index (χ0) is 95.2. The molecule has 14 N–H and O–H groups in total. The number of piperidine rings is 1. The van der Waals surface area contributed by atoms with Crippen LogP contribution in [0.1, 0.15) is 119 Å². The van der Waals surface area contributed by atoms with E-state index in [1.807, 2.05) is 6.92 Å². The number of thioether (sulfide) groups is 1. The number of fused-ring (bicyclic) bond motifs is 3. The molecule has 10 rings (SSSR count). The van der Waals surface area contributed by atoms with Crippen LogP contribution in [0.2, 0.25) is 0 Å². The normalized spacial score (nSPS) is 23.7. The number of nitrogens with zero attached hydrogens (tertiary/aromatic N) is 5. The Kier molecular flexibility index (Phi) is 37.2. The van der Waals surface area contributed by atoms with Crippen molar-refractivity contribution < 1.29 is 91.7 Å². The number of aromatic amines is 1. The summed E-state index contributed by atoms with van der Waals surface area (Å²) in [5.74, 6) is -14.1. The lowest BCUT2D eigenvalue weighted by Gasteiger charge is -2.38. The number of likely N-dealkylation sites (N-methyl/N-ethyl adjacent to an activating group) is 3. The maximum atomic E-state index is 15.9. The molecule has 0 aliphatic carbocycles. The molecule has 4 heterocycles. The summed E-state index contributed by atoms with van der Waals surface area (Å²) in [7, 11) is 4.14. The molecule has 3 fully saturated rings. The molecule has 15 amide bonds. The third-order valence-electron chi connectivity index (χ3n) is 23.9. The molecule has 0 unspecified atom stereocenters. The van der Waals surface area contributed by atoms with E-state index >= 15 is 47.9 Å². The molecule has 0 spiro atoms. The molecule has 0 bridgehead atoms. The van der Waals surface area contributed by atoms with Crippen LogP contribution in [0.4, 0.5) is 0 Å². The first kappa shape index (κ1) is 100. The van der Waals surface area contributed by atoms with E-state index < -0.39 is 186 Å². The summed E-state index contributed by atoms with van der Waals surface area (Å²) in [5.41, 5.74) is 9.32. The highest BCUT2D eigenvalue weighted by Gasteiger charge is 2.46. The third kappa shape index (κ3) is 28.2. The van der Waals surface area contributed by atoms with E-state index in [0.29, 0.717) is 70.0 Å². The molecular weight excluding hydrogens is 1710 g/mol. The minimum atomic E-state index is -1.71. The number of hydrogen-bond donors (Lipinski definition) is 13. The fourth-order valence-electron chi connectivity index (χ4n) is 16.7. The van der Waals surface area contributed by atoms with Gasteiger partial charge < -0.3 is 98.0 Å². The van der Waals surface area contributed by atoms with E-state index in [9.17, 15) is 39.0 Å². The number of phenols is 2. The monoisotopic (exact) mass is 1830 g/mol. The molecule has 1 aromatic heterocycles. The Hall–Kier alpha value is -13.7. The topological polar surface area (TPSA) is 489 Å². The van der Waals surface area contributed by atoms with Crippen LogP contribution >= 0.6 is 11.8 Å². The van der Waals surface area contributed by atoms with Crippen molar-refractivity contribution in [3.05, 3.63) is 203 Å². The van der Waals surface area contributed by atoms with E-state index in [1.165, 1.54) is 96.2 Å². The molecule has 3 saturated heterocycles. The van der Waals surface area contributed by atoms with Crippen LogP contribution < -0.4 is 53.6 Å². The number of ether oxygens (including phenoxy) is 1. The Bertz CT molecular complexity index is 5190. The Morgan fingerprint density at radius 2 is 0.962 bits per heavy atom. The molecule has 0 saturated carbocycles. The van der Waals surface area contributed by atoms with Crippen LogP contribution in [-0.4, -0.2) is 272 Å². The Labute approximate surface area is 770 Å². The molecule has 0 radical (unpaired) electrons. The number of carbonyl (C=O) groups is 16. The average molecular weight is 1830 g/mol. The number of benzene rings is 6. The fraction of sp³-hybridized carbons (Fsp3) is 0.438. The van der Waals surface area contributed by atoms with Crippen molar-refractivity contribution in [3.8, 4) is 11.5 Å². The summed E-state index contributed by atoms with van der Waals surface area (Å²) in [6.45, 7) is 5.31. The van der Waals surface area contributed by atoms with Crippen LogP contribution in [0.3, 0.4) is 0 Å². The largest absolute Gasteiger partial charge is 0.508 e. The van der Waals surface area contributed by atoms with Gasteiger partial charge in [-0.25, -0.2) is 0 Å². The van der Waals surface area contributed by atoms with Crippen molar-refractivity contribution >= 4 is 118 Å². The van der Waals surface area contributed by atoms with Gasteiger partial charge in [-0.2, -0.15) is 0 Å². The Balaban J connectivity index is 1.04. The maximum Gasteiger partial charge on any atom is 0.293 e. The number of carbonyl (C=O) groups excluding carboxylic acids is 16. The number of rotatable bonds is 23. The molecule has 36 heteroatoms. The third-order valence-corrected chi connectivity index (χ3v) is 24.9. The number of nitrogens with one attached hydrogen (secondary N) is 10. The van der Waals surface area contributed by atoms with E-state index in [4.69, 9.17) is 10.5 Å². The van der Waals surface area contributed by atoms with E-state index in [0.717, 1.165) is 16.7 Å². The Morgan fingerprint density at radius 3 is 1.55 bits per heavy atom. The van der Waals surface area contributed by atoms with Crippen molar-refractivity contribution in [2.45, 2.75) is 203 Å². The summed E-state index contributed by atoms with van der Waals surface area (Å²) in [5, 5.41) is 46.2. The van der Waals surface area contributed by atoms with E-state index in [1.54, 1.807) is 135 Å². The van der Waals surface area contributed by atoms with Crippen LogP contribution in [0.15, 0.2) is 170 Å². The number of primary amides is 1. The van der Waals surface area contributed by atoms with Gasteiger partial charge in [0.1, 0.15) is 96.6 Å². The van der Waals surface area contributed by atoms with Crippen LogP contribution in [0.5, 0.6) is 11.5 Å². The highest BCUT2D eigenvalue weighted by atomic mass is 32.2. The second-order valence-corrected chi connectivity index (χ2v) is 35.1. The molecule has 7 aromatic rings. The summed E-state index contributed by atoms with van der Waals surface area (Å²) in [6.07, 6.45) is 2.63. The fourth-order valence-corrected chi connectivity index (χ4v) is 17.5. The minimum Gasteiger partial charge on any atom is -0.508 e. The van der Waals surface area contributed by atoms with E-state index in [2.05, 4.69) is 52.8 Å². The zero-order valence-electron chi connectivity index (χ0n) is 75.2. The van der Waals surface area contributed by atoms with Gasteiger partial charge in [-0.3, -0.25) is 76.7 Å². The molecule has 35 nitrogen and oxygen atoms in total. The van der Waals surface area contributed by atoms with Gasteiger partial charge in [-0.05, 0) is 121 Å². The first-order valence-electron chi connectivity index (χ1n) is 44.5. The summed E-state index contributed by atoms with van der Waals surface area (Å²) in [4.78, 5) is 247. The average Bonchev–Trinajstić information content (AvgIpc) is 1.45. The molecule has 3 aliphatic rings. The predicted octanol–water partition coefficient (Wildman–Crippen LogP) is 2.84. The van der Waals surface area contributed by atoms with E-state index in [-0.39, 0.29) is 113 Å². The first-order valence-corrected chi connectivity index (χ1v) is 45.7. The number of aromatic nitrogens is 1. The van der Waals surface area contributed by atoms with Crippen LogP contribution in [0, 0.1) is 5.92 Å². The number of hydrogen-bond acceptors (Lipinski definition) is 20. The first-order chi connectivity index (χ1) is 63.3. The molecular formula is C96H120N16O19S. The molecule has 704 valence electrons. The lowest BCUT2D eigenvalue weighted by atomic mass is 9.96. The number of phenolic OH excluding ortho intramolecular Hbond substituents is 2. The Morgan fingerprint density at radius 1 is 0.492 bits per heavy atom. The molecule has 13 atom stereocenters. The highest BCUT2D eigenvalue weighted by molar-refractivity contribution is 8.00. The second-order valence-electron chi connectivity index (χ2n) is 34.1. The van der Waals surface area contributed by atoms with Crippen molar-refractivity contribution in [3.63, 3.8) is 0 Å². The number of H-pyrrole nitrogens is 1. The zero-order valence-corrected chi connectivity index (χ0v) is 76.0. The van der Waals surface area contributed by atoms with Gasteiger partial charge in [0.05, 0.1) is 12.3 Å². The van der Waals surface area contributed by atoms with Gasteiger partial charge >= 0.3 is 0 Å². The van der Waals surface area contributed by atoms with Gasteiger partial charge in [-0.1, -0.05) is 167 Å². The number of para-hydroxylation sites is 1. The lowest BCUT2D eigenvalue weighted by Crippen LogP contribution is -2.63. The van der Waals surface area contributed by atoms with Crippen molar-refractivity contribution in [1.82, 2.24) is 77.3 Å². The summed E-state index contributed by atoms with van der Waals surface area (Å²) >= 11 is 0.847. The van der Waals surface area contributed by atoms with Gasteiger partial charge in [-0.15, -0.1) is 11.8 Å². The van der Waals surface area contributed by atoms with Crippen molar-refractivity contribution in [2.24, 2.45) is 11.7 Å². The SMILES string of the molecule is CCCC[C@H]1C(=O)N2CCC[C@@H]2C(=O)N[C@@H](COC=O)C(=O)N[C@@H](C)C(=O)N(C)[C@@H](Cc2ccccc2)C(=O)N[C@@H](Cc2ccc(O)cc2)C(=O)N2CCCC[C@@H]2C(=O)N[C@@H](Cc2c[nH]c3ccccc23)C(=O)N[C@@H](Cc2ccc(O)cc2)C(=O)N[C@@H](CC(C)C)C(=O)N[C@H](C(=O)NCC(N)=O)CSCC(=O)N[C@@H](Cc2ccccc2)C(=O)N(C)[C@@H](Cc2ccccc2)C(=O)N1C. The van der Waals surface area contributed by atoms with Crippen LogP contribution in [0.25, 0.3) is 10.9 Å². The van der Waals surface area contributed by atoms with Crippen molar-refractivity contribution in [2.75, 3.05) is 58.9 Å². The lowest BCUT2D eigenvalue weighted by molar-refractivity contribution is -0.152. The van der Waals surface area contributed by atoms with Gasteiger partial charge in [0.25, 0.3) is 6.47 Å². The summed E-state index contributed by atoms with van der Waals surface area (Å²) < 4.78 is 5.10. The molecule has 132 heavy (non-hydrogen) atoms. The molecule has 6 aromatic carbocycles. The minimum absolute atomic E-state index is 0.0158. The van der Waals surface area contributed by atoms with Crippen LogP contribution in [-0.2, 0) is 120 Å². The smallest absolute Gasteiger partial charge is 0.293 e. The maximum absolute atomic E-state index is 15.9. The van der Waals surface area contributed by atoms with Gasteiger partial charge in [0.2, 0.25) is 88.6 Å².